The van der Waals surface area contributed by atoms with E-state index in [4.69, 9.17) is 4.74 Å². The number of aryl methyl sites for hydroxylation is 1. The highest BCUT2D eigenvalue weighted by atomic mass is 19.1. The topological polar surface area (TPSA) is 39.2 Å². The molecule has 0 spiro atoms. The first-order chi connectivity index (χ1) is 10.3. The average molecular weight is 301 g/mol. The SMILES string of the molecule is CCC(C)(C)c1ccc(C(=O)Oc2cccnc2F)cc1C. The summed E-state index contributed by atoms with van der Waals surface area (Å²) in [4.78, 5) is 15.6. The Hall–Kier alpha value is -2.23. The first-order valence-corrected chi connectivity index (χ1v) is 7.29. The van der Waals surface area contributed by atoms with Gasteiger partial charge in [0.15, 0.2) is 5.75 Å². The zero-order valence-electron chi connectivity index (χ0n) is 13.3. The van der Waals surface area contributed by atoms with Gasteiger partial charge in [-0.15, -0.1) is 0 Å². The summed E-state index contributed by atoms with van der Waals surface area (Å²) in [5.41, 5.74) is 2.66. The van der Waals surface area contributed by atoms with Crippen molar-refractivity contribution in [3.05, 3.63) is 59.2 Å². The Balaban J connectivity index is 2.25. The highest BCUT2D eigenvalue weighted by molar-refractivity contribution is 5.91. The molecule has 0 unspecified atom stereocenters. The zero-order valence-corrected chi connectivity index (χ0v) is 13.3. The van der Waals surface area contributed by atoms with Crippen LogP contribution in [0.1, 0.15) is 48.7 Å². The van der Waals surface area contributed by atoms with Gasteiger partial charge in [0, 0.05) is 6.20 Å². The molecule has 1 aromatic carbocycles. The second-order valence-electron chi connectivity index (χ2n) is 5.95. The van der Waals surface area contributed by atoms with Crippen LogP contribution in [-0.2, 0) is 5.41 Å². The minimum Gasteiger partial charge on any atom is -0.418 e. The van der Waals surface area contributed by atoms with Crippen molar-refractivity contribution in [2.45, 2.75) is 39.5 Å². The summed E-state index contributed by atoms with van der Waals surface area (Å²) in [6, 6.07) is 8.33. The Kier molecular flexibility index (Phi) is 4.59. The van der Waals surface area contributed by atoms with E-state index in [1.54, 1.807) is 12.1 Å². The molecule has 22 heavy (non-hydrogen) atoms. The van der Waals surface area contributed by atoms with E-state index in [9.17, 15) is 9.18 Å². The second kappa shape index (κ2) is 6.26. The van der Waals surface area contributed by atoms with Crippen molar-refractivity contribution in [1.82, 2.24) is 4.98 Å². The van der Waals surface area contributed by atoms with Crippen molar-refractivity contribution >= 4 is 5.97 Å². The number of carbonyl (C=O) groups excluding carboxylic acids is 1. The van der Waals surface area contributed by atoms with Crippen LogP contribution in [0.15, 0.2) is 36.5 Å². The molecule has 3 nitrogen and oxygen atoms in total. The number of hydrogen-bond donors (Lipinski definition) is 0. The first-order valence-electron chi connectivity index (χ1n) is 7.29. The summed E-state index contributed by atoms with van der Waals surface area (Å²) < 4.78 is 18.5. The number of hydrogen-bond acceptors (Lipinski definition) is 3. The van der Waals surface area contributed by atoms with Crippen LogP contribution in [0.2, 0.25) is 0 Å². The molecule has 0 fully saturated rings. The lowest BCUT2D eigenvalue weighted by molar-refractivity contribution is 0.0726. The van der Waals surface area contributed by atoms with Gasteiger partial charge in [-0.3, -0.25) is 0 Å². The summed E-state index contributed by atoms with van der Waals surface area (Å²) in [5, 5.41) is 0. The number of halogens is 1. The van der Waals surface area contributed by atoms with E-state index in [-0.39, 0.29) is 11.2 Å². The van der Waals surface area contributed by atoms with Gasteiger partial charge in [0.2, 0.25) is 0 Å². The maximum Gasteiger partial charge on any atom is 0.343 e. The van der Waals surface area contributed by atoms with E-state index in [1.165, 1.54) is 23.9 Å². The Morgan fingerprint density at radius 1 is 1.32 bits per heavy atom. The smallest absolute Gasteiger partial charge is 0.343 e. The van der Waals surface area contributed by atoms with E-state index in [2.05, 4.69) is 25.8 Å². The third-order valence-corrected chi connectivity index (χ3v) is 4.00. The number of esters is 1. The standard InChI is InChI=1S/C18H20FNO2/c1-5-18(3,4)14-9-8-13(11-12(14)2)17(21)22-15-7-6-10-20-16(15)19/h6-11H,5H2,1-4H3. The third kappa shape index (κ3) is 3.32. The van der Waals surface area contributed by atoms with Crippen LogP contribution in [0.5, 0.6) is 5.75 Å². The lowest BCUT2D eigenvalue weighted by atomic mass is 9.79. The molecule has 0 atom stereocenters. The summed E-state index contributed by atoms with van der Waals surface area (Å²) >= 11 is 0. The molecular weight excluding hydrogens is 281 g/mol. The van der Waals surface area contributed by atoms with Crippen LogP contribution in [0.3, 0.4) is 0 Å². The lowest BCUT2D eigenvalue weighted by Crippen LogP contribution is -2.18. The Morgan fingerprint density at radius 3 is 2.64 bits per heavy atom. The Labute approximate surface area is 130 Å². The predicted molar refractivity (Wildman–Crippen MR) is 83.6 cm³/mol. The molecule has 116 valence electrons. The van der Waals surface area contributed by atoms with Crippen LogP contribution >= 0.6 is 0 Å². The quantitative estimate of drug-likeness (QED) is 0.619. The molecule has 2 aromatic rings. The molecular formula is C18H20FNO2. The molecule has 1 aromatic heterocycles. The largest absolute Gasteiger partial charge is 0.418 e. The van der Waals surface area contributed by atoms with Crippen molar-refractivity contribution in [3.63, 3.8) is 0 Å². The summed E-state index contributed by atoms with van der Waals surface area (Å²) in [6.45, 7) is 8.43. The summed E-state index contributed by atoms with van der Waals surface area (Å²) in [5.74, 6) is -1.55. The number of aromatic nitrogens is 1. The molecule has 2 rings (SSSR count). The second-order valence-corrected chi connectivity index (χ2v) is 5.95. The van der Waals surface area contributed by atoms with Crippen LogP contribution in [0.4, 0.5) is 4.39 Å². The van der Waals surface area contributed by atoms with Gasteiger partial charge in [0.1, 0.15) is 0 Å². The number of pyridine rings is 1. The minimum absolute atomic E-state index is 0.0436. The van der Waals surface area contributed by atoms with Crippen LogP contribution in [0.25, 0.3) is 0 Å². The maximum absolute atomic E-state index is 13.4. The molecule has 4 heteroatoms. The van der Waals surface area contributed by atoms with Crippen molar-refractivity contribution in [3.8, 4) is 5.75 Å². The Bertz CT molecular complexity index is 695. The van der Waals surface area contributed by atoms with Gasteiger partial charge in [-0.2, -0.15) is 4.39 Å². The van der Waals surface area contributed by atoms with E-state index in [1.807, 2.05) is 13.0 Å². The number of rotatable bonds is 4. The molecule has 1 heterocycles. The van der Waals surface area contributed by atoms with Gasteiger partial charge in [0.25, 0.3) is 5.95 Å². The highest BCUT2D eigenvalue weighted by Gasteiger charge is 2.21. The monoisotopic (exact) mass is 301 g/mol. The van der Waals surface area contributed by atoms with Crippen LogP contribution in [0, 0.1) is 12.9 Å². The zero-order chi connectivity index (χ0) is 16.3. The van der Waals surface area contributed by atoms with E-state index < -0.39 is 11.9 Å². The number of ether oxygens (including phenoxy) is 1. The van der Waals surface area contributed by atoms with Gasteiger partial charge in [-0.05, 0) is 54.2 Å². The Morgan fingerprint density at radius 2 is 2.05 bits per heavy atom. The average Bonchev–Trinajstić information content (AvgIpc) is 2.49. The maximum atomic E-state index is 13.4. The molecule has 0 saturated heterocycles. The predicted octanol–water partition coefficient (Wildman–Crippen LogP) is 4.44. The van der Waals surface area contributed by atoms with Crippen molar-refractivity contribution in [2.24, 2.45) is 0 Å². The van der Waals surface area contributed by atoms with Crippen LogP contribution < -0.4 is 4.74 Å². The fourth-order valence-corrected chi connectivity index (χ4v) is 2.35. The molecule has 0 radical (unpaired) electrons. The molecule has 0 aliphatic rings. The van der Waals surface area contributed by atoms with Crippen molar-refractivity contribution in [2.75, 3.05) is 0 Å². The molecule has 0 N–H and O–H groups in total. The molecule has 0 bridgehead atoms. The molecule has 0 saturated carbocycles. The molecule has 0 aliphatic carbocycles. The van der Waals surface area contributed by atoms with Gasteiger partial charge >= 0.3 is 5.97 Å². The highest BCUT2D eigenvalue weighted by Crippen LogP contribution is 2.30. The fraction of sp³-hybridized carbons (Fsp3) is 0.333. The van der Waals surface area contributed by atoms with E-state index >= 15 is 0 Å². The van der Waals surface area contributed by atoms with Gasteiger partial charge < -0.3 is 4.74 Å². The van der Waals surface area contributed by atoms with E-state index in [0.29, 0.717) is 5.56 Å². The van der Waals surface area contributed by atoms with Crippen molar-refractivity contribution in [1.29, 1.82) is 0 Å². The molecule has 0 aliphatic heterocycles. The first kappa shape index (κ1) is 16.1. The fourth-order valence-electron chi connectivity index (χ4n) is 2.35. The van der Waals surface area contributed by atoms with Gasteiger partial charge in [0.05, 0.1) is 5.56 Å². The molecule has 0 amide bonds. The minimum atomic E-state index is -0.795. The van der Waals surface area contributed by atoms with Crippen molar-refractivity contribution < 1.29 is 13.9 Å². The van der Waals surface area contributed by atoms with Gasteiger partial charge in [-0.25, -0.2) is 9.78 Å². The number of nitrogens with zero attached hydrogens (tertiary/aromatic N) is 1. The number of benzene rings is 1. The third-order valence-electron chi connectivity index (χ3n) is 4.00. The van der Waals surface area contributed by atoms with Crippen LogP contribution in [-0.4, -0.2) is 11.0 Å². The normalized spacial score (nSPS) is 11.3. The summed E-state index contributed by atoms with van der Waals surface area (Å²) in [6.07, 6.45) is 2.30. The van der Waals surface area contributed by atoms with E-state index in [0.717, 1.165) is 12.0 Å². The number of carbonyl (C=O) groups is 1. The lowest BCUT2D eigenvalue weighted by Gasteiger charge is -2.25. The van der Waals surface area contributed by atoms with Gasteiger partial charge in [-0.1, -0.05) is 26.8 Å². The summed E-state index contributed by atoms with van der Waals surface area (Å²) in [7, 11) is 0.